The molecule has 0 spiro atoms. The van der Waals surface area contributed by atoms with Crippen molar-refractivity contribution in [2.75, 3.05) is 0 Å². The van der Waals surface area contributed by atoms with Crippen LogP contribution >= 0.6 is 12.4 Å². The van der Waals surface area contributed by atoms with Gasteiger partial charge in [-0.1, -0.05) is 6.07 Å². The van der Waals surface area contributed by atoms with Crippen LogP contribution in [0, 0.1) is 5.92 Å². The van der Waals surface area contributed by atoms with E-state index in [4.69, 9.17) is 5.73 Å². The minimum absolute atomic E-state index is 0. The molecule has 3 rings (SSSR count). The Labute approximate surface area is 95.3 Å². The van der Waals surface area contributed by atoms with Crippen molar-refractivity contribution in [1.29, 1.82) is 0 Å². The molecule has 1 aromatic carbocycles. The highest BCUT2D eigenvalue weighted by atomic mass is 35.5. The quantitative estimate of drug-likeness (QED) is 0.806. The van der Waals surface area contributed by atoms with Gasteiger partial charge >= 0.3 is 0 Å². The predicted octanol–water partition coefficient (Wildman–Crippen LogP) is 3.00. The average molecular weight is 223 g/mol. The van der Waals surface area contributed by atoms with Crippen molar-refractivity contribution in [3.05, 3.63) is 36.0 Å². The van der Waals surface area contributed by atoms with Gasteiger partial charge in [0.05, 0.1) is 0 Å². The van der Waals surface area contributed by atoms with Crippen LogP contribution in [0.2, 0.25) is 0 Å². The monoisotopic (exact) mass is 222 g/mol. The number of hydrogen-bond acceptors (Lipinski definition) is 1. The summed E-state index contributed by atoms with van der Waals surface area (Å²) in [7, 11) is 0. The molecule has 0 aliphatic heterocycles. The van der Waals surface area contributed by atoms with Gasteiger partial charge in [0.2, 0.25) is 0 Å². The van der Waals surface area contributed by atoms with E-state index in [0.717, 1.165) is 5.92 Å². The summed E-state index contributed by atoms with van der Waals surface area (Å²) in [6.45, 7) is 0. The number of halogens is 1. The highest BCUT2D eigenvalue weighted by molar-refractivity contribution is 5.85. The summed E-state index contributed by atoms with van der Waals surface area (Å²) >= 11 is 0. The molecule has 0 unspecified atom stereocenters. The van der Waals surface area contributed by atoms with Gasteiger partial charge in [-0.25, -0.2) is 0 Å². The van der Waals surface area contributed by atoms with E-state index in [0.29, 0.717) is 0 Å². The molecule has 3 N–H and O–H groups in total. The lowest BCUT2D eigenvalue weighted by atomic mass is 10.0. The van der Waals surface area contributed by atoms with Gasteiger partial charge in [-0.2, -0.15) is 0 Å². The van der Waals surface area contributed by atoms with Crippen molar-refractivity contribution in [2.24, 2.45) is 11.7 Å². The lowest BCUT2D eigenvalue weighted by molar-refractivity contribution is 0.634. The summed E-state index contributed by atoms with van der Waals surface area (Å²) in [5.41, 5.74) is 8.62. The second-order valence-corrected chi connectivity index (χ2v) is 4.19. The largest absolute Gasteiger partial charge is 0.361 e. The smallest absolute Gasteiger partial charge is 0.0454 e. The molecule has 0 bridgehead atoms. The second kappa shape index (κ2) is 3.87. The van der Waals surface area contributed by atoms with E-state index in [1.807, 2.05) is 6.20 Å². The summed E-state index contributed by atoms with van der Waals surface area (Å²) < 4.78 is 0. The van der Waals surface area contributed by atoms with Gasteiger partial charge in [-0.15, -0.1) is 12.4 Å². The van der Waals surface area contributed by atoms with Gasteiger partial charge in [0.25, 0.3) is 0 Å². The molecule has 0 saturated heterocycles. The topological polar surface area (TPSA) is 41.8 Å². The van der Waals surface area contributed by atoms with Crippen LogP contribution in [0.25, 0.3) is 10.9 Å². The lowest BCUT2D eigenvalue weighted by Gasteiger charge is -2.10. The Balaban J connectivity index is 0.000000853. The molecule has 0 radical (unpaired) electrons. The summed E-state index contributed by atoms with van der Waals surface area (Å²) in [5.74, 6) is 0.728. The Morgan fingerprint density at radius 3 is 2.80 bits per heavy atom. The maximum atomic E-state index is 6.15. The molecule has 1 saturated carbocycles. The molecule has 1 aliphatic carbocycles. The number of rotatable bonds is 2. The van der Waals surface area contributed by atoms with Crippen LogP contribution in [0.1, 0.15) is 24.4 Å². The number of fused-ring (bicyclic) bond motifs is 1. The zero-order valence-electron chi connectivity index (χ0n) is 8.44. The maximum absolute atomic E-state index is 6.15. The number of aromatic nitrogens is 1. The zero-order chi connectivity index (χ0) is 9.54. The molecule has 2 aromatic rings. The van der Waals surface area contributed by atoms with Gasteiger partial charge in [0, 0.05) is 17.8 Å². The highest BCUT2D eigenvalue weighted by Gasteiger charge is 2.29. The zero-order valence-corrected chi connectivity index (χ0v) is 9.26. The highest BCUT2D eigenvalue weighted by Crippen LogP contribution is 2.39. The third-order valence-corrected chi connectivity index (χ3v) is 3.09. The number of nitrogens with one attached hydrogen (secondary N) is 1. The first-order chi connectivity index (χ1) is 6.84. The molecule has 15 heavy (non-hydrogen) atoms. The second-order valence-electron chi connectivity index (χ2n) is 4.19. The minimum atomic E-state index is 0. The van der Waals surface area contributed by atoms with Crippen molar-refractivity contribution in [1.82, 2.24) is 4.98 Å². The summed E-state index contributed by atoms with van der Waals surface area (Å²) in [6.07, 6.45) is 4.57. The fourth-order valence-electron chi connectivity index (χ4n) is 2.01. The first kappa shape index (κ1) is 10.5. The van der Waals surface area contributed by atoms with Crippen molar-refractivity contribution in [3.63, 3.8) is 0 Å². The third-order valence-electron chi connectivity index (χ3n) is 3.09. The third kappa shape index (κ3) is 1.87. The molecule has 1 heterocycles. The molecule has 0 amide bonds. The van der Waals surface area contributed by atoms with E-state index in [9.17, 15) is 0 Å². The predicted molar refractivity (Wildman–Crippen MR) is 65.2 cm³/mol. The molecule has 2 nitrogen and oxygen atoms in total. The normalized spacial score (nSPS) is 17.4. The Hall–Kier alpha value is -0.990. The Bertz CT molecular complexity index is 459. The molecule has 1 fully saturated rings. The molecule has 1 aromatic heterocycles. The van der Waals surface area contributed by atoms with E-state index in [1.165, 1.54) is 29.3 Å². The van der Waals surface area contributed by atoms with Crippen LogP contribution in [-0.2, 0) is 0 Å². The van der Waals surface area contributed by atoms with Crippen molar-refractivity contribution in [3.8, 4) is 0 Å². The number of nitrogens with two attached hydrogens (primary N) is 1. The Morgan fingerprint density at radius 1 is 1.27 bits per heavy atom. The number of benzene rings is 1. The Kier molecular flexibility index (Phi) is 2.72. The van der Waals surface area contributed by atoms with Crippen molar-refractivity contribution < 1.29 is 0 Å². The molecular formula is C12H15ClN2. The molecular weight excluding hydrogens is 208 g/mol. The SMILES string of the molecule is Cl.N[C@H](c1ccc2[nH]ccc2c1)C1CC1. The van der Waals surface area contributed by atoms with Gasteiger partial charge < -0.3 is 10.7 Å². The number of H-pyrrole nitrogens is 1. The first-order valence-electron chi connectivity index (χ1n) is 5.17. The van der Waals surface area contributed by atoms with E-state index in [-0.39, 0.29) is 18.4 Å². The van der Waals surface area contributed by atoms with E-state index in [1.54, 1.807) is 0 Å². The van der Waals surface area contributed by atoms with Crippen LogP contribution in [0.4, 0.5) is 0 Å². The maximum Gasteiger partial charge on any atom is 0.0454 e. The lowest BCUT2D eigenvalue weighted by Crippen LogP contribution is -2.11. The molecule has 1 aliphatic rings. The Morgan fingerprint density at radius 2 is 2.07 bits per heavy atom. The molecule has 3 heteroatoms. The van der Waals surface area contributed by atoms with Gasteiger partial charge in [-0.3, -0.25) is 0 Å². The van der Waals surface area contributed by atoms with Gasteiger partial charge in [0.15, 0.2) is 0 Å². The summed E-state index contributed by atoms with van der Waals surface area (Å²) in [5, 5.41) is 1.26. The van der Waals surface area contributed by atoms with Crippen LogP contribution in [0.5, 0.6) is 0 Å². The number of hydrogen-bond donors (Lipinski definition) is 2. The standard InChI is InChI=1S/C12H14N2.ClH/c13-12(8-1-2-8)10-3-4-11-9(7-10)5-6-14-11;/h3-8,12,14H,1-2,13H2;1H/t12-;/m0./s1. The first-order valence-corrected chi connectivity index (χ1v) is 5.17. The van der Waals surface area contributed by atoms with Crippen molar-refractivity contribution >= 4 is 23.3 Å². The van der Waals surface area contributed by atoms with Crippen LogP contribution in [-0.4, -0.2) is 4.98 Å². The van der Waals surface area contributed by atoms with Gasteiger partial charge in [-0.05, 0) is 47.9 Å². The fourth-order valence-corrected chi connectivity index (χ4v) is 2.01. The molecule has 1 atom stereocenters. The summed E-state index contributed by atoms with van der Waals surface area (Å²) in [6, 6.07) is 8.80. The van der Waals surface area contributed by atoms with Crippen LogP contribution < -0.4 is 5.73 Å². The minimum Gasteiger partial charge on any atom is -0.361 e. The van der Waals surface area contributed by atoms with E-state index in [2.05, 4.69) is 29.2 Å². The van der Waals surface area contributed by atoms with Crippen molar-refractivity contribution in [2.45, 2.75) is 18.9 Å². The van der Waals surface area contributed by atoms with Crippen LogP contribution in [0.15, 0.2) is 30.5 Å². The molecule has 80 valence electrons. The van der Waals surface area contributed by atoms with E-state index < -0.39 is 0 Å². The average Bonchev–Trinajstić information content (AvgIpc) is 2.95. The van der Waals surface area contributed by atoms with Crippen LogP contribution in [0.3, 0.4) is 0 Å². The van der Waals surface area contributed by atoms with E-state index >= 15 is 0 Å². The summed E-state index contributed by atoms with van der Waals surface area (Å²) in [4.78, 5) is 3.19. The van der Waals surface area contributed by atoms with Gasteiger partial charge in [0.1, 0.15) is 0 Å². The number of aromatic amines is 1. The fraction of sp³-hybridized carbons (Fsp3) is 0.333.